The molecule has 0 aromatic heterocycles. The summed E-state index contributed by atoms with van der Waals surface area (Å²) in [5.74, 6) is 1.71. The van der Waals surface area contributed by atoms with Crippen LogP contribution in [0.25, 0.3) is 0 Å². The minimum Gasteiger partial charge on any atom is -0.198 e. The number of nitriles is 1. The Balaban J connectivity index is 1.94. The Morgan fingerprint density at radius 3 is 2.47 bits per heavy atom. The molecule has 84 valence electrons. The first-order chi connectivity index (χ1) is 7.28. The Labute approximate surface area is 93.9 Å². The molecule has 0 aromatic rings. The average Bonchev–Trinajstić information content (AvgIpc) is 2.88. The first kappa shape index (κ1) is 11.0. The summed E-state index contributed by atoms with van der Waals surface area (Å²) in [6.45, 7) is 2.27. The third-order valence-electron chi connectivity index (χ3n) is 4.68. The second kappa shape index (κ2) is 4.56. The minimum absolute atomic E-state index is 0.0791. The van der Waals surface area contributed by atoms with Gasteiger partial charge in [-0.3, -0.25) is 0 Å². The second-order valence-electron chi connectivity index (χ2n) is 5.76. The quantitative estimate of drug-likeness (QED) is 0.674. The molecule has 2 unspecified atom stereocenters. The summed E-state index contributed by atoms with van der Waals surface area (Å²) in [6, 6.07) is 2.67. The molecule has 0 aliphatic heterocycles. The van der Waals surface area contributed by atoms with Crippen molar-refractivity contribution in [3.05, 3.63) is 0 Å². The lowest BCUT2D eigenvalue weighted by Gasteiger charge is -2.24. The molecular weight excluding hydrogens is 182 g/mol. The minimum atomic E-state index is 0.0791. The van der Waals surface area contributed by atoms with Gasteiger partial charge < -0.3 is 0 Å². The lowest BCUT2D eigenvalue weighted by Crippen LogP contribution is -2.18. The third-order valence-corrected chi connectivity index (χ3v) is 4.68. The van der Waals surface area contributed by atoms with E-state index in [1.807, 2.05) is 0 Å². The van der Waals surface area contributed by atoms with Gasteiger partial charge in [0.05, 0.1) is 11.5 Å². The zero-order valence-corrected chi connectivity index (χ0v) is 9.97. The molecule has 0 amide bonds. The maximum absolute atomic E-state index is 9.44. The standard InChI is InChI=1S/C14H23N/c1-2-12-7-8-14(9-12,11-15)10-13-5-3-4-6-13/h12-13H,2-10H2,1H3. The van der Waals surface area contributed by atoms with E-state index < -0.39 is 0 Å². The van der Waals surface area contributed by atoms with E-state index in [0.717, 1.165) is 11.8 Å². The van der Waals surface area contributed by atoms with E-state index in [1.54, 1.807) is 0 Å². The van der Waals surface area contributed by atoms with Gasteiger partial charge in [-0.05, 0) is 37.5 Å². The Bertz CT molecular complexity index is 247. The molecule has 0 aromatic carbocycles. The van der Waals surface area contributed by atoms with Gasteiger partial charge in [-0.1, -0.05) is 39.0 Å². The van der Waals surface area contributed by atoms with E-state index in [0.29, 0.717) is 0 Å². The molecule has 2 rings (SSSR count). The lowest BCUT2D eigenvalue weighted by molar-refractivity contribution is 0.287. The summed E-state index contributed by atoms with van der Waals surface area (Å²) >= 11 is 0. The van der Waals surface area contributed by atoms with E-state index in [2.05, 4.69) is 13.0 Å². The summed E-state index contributed by atoms with van der Waals surface area (Å²) in [4.78, 5) is 0. The molecule has 0 spiro atoms. The van der Waals surface area contributed by atoms with Gasteiger partial charge in [0.15, 0.2) is 0 Å². The van der Waals surface area contributed by atoms with Crippen molar-refractivity contribution in [2.24, 2.45) is 17.3 Å². The van der Waals surface area contributed by atoms with Gasteiger partial charge in [0.1, 0.15) is 0 Å². The SMILES string of the molecule is CCC1CCC(C#N)(CC2CCCC2)C1. The van der Waals surface area contributed by atoms with Gasteiger partial charge in [-0.25, -0.2) is 0 Å². The van der Waals surface area contributed by atoms with Crippen LogP contribution in [0.15, 0.2) is 0 Å². The normalized spacial score (nSPS) is 36.9. The summed E-state index contributed by atoms with van der Waals surface area (Å²) in [7, 11) is 0. The molecule has 0 saturated heterocycles. The highest BCUT2D eigenvalue weighted by Crippen LogP contribution is 2.48. The van der Waals surface area contributed by atoms with Crippen LogP contribution in [0.5, 0.6) is 0 Å². The molecule has 2 fully saturated rings. The van der Waals surface area contributed by atoms with Crippen molar-refractivity contribution in [2.45, 2.75) is 64.7 Å². The highest BCUT2D eigenvalue weighted by molar-refractivity contribution is 5.05. The molecule has 0 N–H and O–H groups in total. The molecule has 2 aliphatic rings. The van der Waals surface area contributed by atoms with Crippen LogP contribution in [0.3, 0.4) is 0 Å². The second-order valence-corrected chi connectivity index (χ2v) is 5.76. The molecule has 2 aliphatic carbocycles. The zero-order valence-electron chi connectivity index (χ0n) is 9.97. The van der Waals surface area contributed by atoms with Gasteiger partial charge in [-0.15, -0.1) is 0 Å². The number of hydrogen-bond acceptors (Lipinski definition) is 1. The molecule has 0 radical (unpaired) electrons. The van der Waals surface area contributed by atoms with Crippen molar-refractivity contribution in [3.63, 3.8) is 0 Å². The van der Waals surface area contributed by atoms with Crippen LogP contribution < -0.4 is 0 Å². The van der Waals surface area contributed by atoms with E-state index >= 15 is 0 Å². The molecule has 0 heterocycles. The summed E-state index contributed by atoms with van der Waals surface area (Å²) in [5, 5.41) is 9.44. The summed E-state index contributed by atoms with van der Waals surface area (Å²) in [6.07, 6.45) is 11.7. The molecule has 0 bridgehead atoms. The number of hydrogen-bond donors (Lipinski definition) is 0. The van der Waals surface area contributed by atoms with Crippen LogP contribution in [0.1, 0.15) is 64.7 Å². The fourth-order valence-electron chi connectivity index (χ4n) is 3.69. The fraction of sp³-hybridized carbons (Fsp3) is 0.929. The van der Waals surface area contributed by atoms with Crippen LogP contribution in [0.4, 0.5) is 0 Å². The van der Waals surface area contributed by atoms with E-state index in [1.165, 1.54) is 57.8 Å². The van der Waals surface area contributed by atoms with E-state index in [4.69, 9.17) is 0 Å². The third kappa shape index (κ3) is 2.36. The van der Waals surface area contributed by atoms with Gasteiger partial charge >= 0.3 is 0 Å². The smallest absolute Gasteiger partial charge is 0.0689 e. The van der Waals surface area contributed by atoms with Crippen molar-refractivity contribution in [3.8, 4) is 6.07 Å². The van der Waals surface area contributed by atoms with Gasteiger partial charge in [0, 0.05) is 0 Å². The first-order valence-corrected chi connectivity index (χ1v) is 6.69. The molecule has 1 nitrogen and oxygen atoms in total. The van der Waals surface area contributed by atoms with Crippen molar-refractivity contribution in [2.75, 3.05) is 0 Å². The highest BCUT2D eigenvalue weighted by atomic mass is 14.5. The maximum Gasteiger partial charge on any atom is 0.0689 e. The summed E-state index contributed by atoms with van der Waals surface area (Å²) < 4.78 is 0. The van der Waals surface area contributed by atoms with Crippen molar-refractivity contribution in [1.29, 1.82) is 5.26 Å². The van der Waals surface area contributed by atoms with Crippen molar-refractivity contribution >= 4 is 0 Å². The molecule has 15 heavy (non-hydrogen) atoms. The highest BCUT2D eigenvalue weighted by Gasteiger charge is 2.40. The van der Waals surface area contributed by atoms with Crippen LogP contribution in [0, 0.1) is 28.6 Å². The van der Waals surface area contributed by atoms with Gasteiger partial charge in [0.25, 0.3) is 0 Å². The Kier molecular flexibility index (Phi) is 3.34. The molecule has 2 atom stereocenters. The molecule has 2 saturated carbocycles. The average molecular weight is 205 g/mol. The number of nitrogens with zero attached hydrogens (tertiary/aromatic N) is 1. The molecular formula is C14H23N. The van der Waals surface area contributed by atoms with Gasteiger partial charge in [0.2, 0.25) is 0 Å². The lowest BCUT2D eigenvalue weighted by atomic mass is 9.77. The first-order valence-electron chi connectivity index (χ1n) is 6.69. The van der Waals surface area contributed by atoms with E-state index in [-0.39, 0.29) is 5.41 Å². The largest absolute Gasteiger partial charge is 0.198 e. The molecule has 1 heteroatoms. The maximum atomic E-state index is 9.44. The number of rotatable bonds is 3. The topological polar surface area (TPSA) is 23.8 Å². The fourth-order valence-corrected chi connectivity index (χ4v) is 3.69. The van der Waals surface area contributed by atoms with Crippen molar-refractivity contribution < 1.29 is 0 Å². The summed E-state index contributed by atoms with van der Waals surface area (Å²) in [5.41, 5.74) is 0.0791. The van der Waals surface area contributed by atoms with Crippen LogP contribution >= 0.6 is 0 Å². The predicted octanol–water partition coefficient (Wildman–Crippen LogP) is 4.29. The van der Waals surface area contributed by atoms with Crippen molar-refractivity contribution in [1.82, 2.24) is 0 Å². The Morgan fingerprint density at radius 1 is 1.20 bits per heavy atom. The predicted molar refractivity (Wildman–Crippen MR) is 62.3 cm³/mol. The Morgan fingerprint density at radius 2 is 1.93 bits per heavy atom. The zero-order chi connectivity index (χ0) is 10.7. The monoisotopic (exact) mass is 205 g/mol. The van der Waals surface area contributed by atoms with E-state index in [9.17, 15) is 5.26 Å². The Hall–Kier alpha value is -0.510. The van der Waals surface area contributed by atoms with Gasteiger partial charge in [-0.2, -0.15) is 5.26 Å². The van der Waals surface area contributed by atoms with Crippen LogP contribution in [-0.4, -0.2) is 0 Å². The van der Waals surface area contributed by atoms with Crippen LogP contribution in [-0.2, 0) is 0 Å². The van der Waals surface area contributed by atoms with Crippen LogP contribution in [0.2, 0.25) is 0 Å².